The Hall–Kier alpha value is -0.100. The summed E-state index contributed by atoms with van der Waals surface area (Å²) in [5.74, 6) is 0.436. The molecule has 16 heavy (non-hydrogen) atoms. The highest BCUT2D eigenvalue weighted by Gasteiger charge is 2.37. The second kappa shape index (κ2) is 4.64. The number of fused-ring (bicyclic) bond motifs is 2. The van der Waals surface area contributed by atoms with Gasteiger partial charge in [-0.05, 0) is 43.4 Å². The highest BCUT2D eigenvalue weighted by atomic mass is 31.1. The Morgan fingerprint density at radius 1 is 1.06 bits per heavy atom. The molecule has 3 fully saturated rings. The van der Waals surface area contributed by atoms with Crippen LogP contribution in [0.2, 0.25) is 0 Å². The second-order valence-electron chi connectivity index (χ2n) is 5.59. The summed E-state index contributed by atoms with van der Waals surface area (Å²) in [5, 5.41) is 0. The molecular weight excluding hydrogens is 217 g/mol. The van der Waals surface area contributed by atoms with E-state index in [4.69, 9.17) is 0 Å². The van der Waals surface area contributed by atoms with Gasteiger partial charge in [0.05, 0.1) is 0 Å². The summed E-state index contributed by atoms with van der Waals surface area (Å²) in [6.45, 7) is 1.05. The van der Waals surface area contributed by atoms with Gasteiger partial charge in [-0.2, -0.15) is 0 Å². The van der Waals surface area contributed by atoms with Crippen molar-refractivity contribution >= 4 is 13.8 Å². The lowest BCUT2D eigenvalue weighted by atomic mass is 9.99. The first-order valence-electron chi connectivity index (χ1n) is 6.88. The van der Waals surface area contributed by atoms with Gasteiger partial charge in [-0.15, -0.1) is 0 Å². The molecule has 0 aromatic rings. The number of hydrogen-bond acceptors (Lipinski definition) is 1. The van der Waals surface area contributed by atoms with Crippen LogP contribution < -0.4 is 0 Å². The normalized spacial score (nSPS) is 39.1. The quantitative estimate of drug-likeness (QED) is 0.678. The van der Waals surface area contributed by atoms with E-state index in [0.29, 0.717) is 5.91 Å². The fourth-order valence-electron chi connectivity index (χ4n) is 3.71. The zero-order chi connectivity index (χ0) is 11.0. The van der Waals surface area contributed by atoms with E-state index in [0.717, 1.165) is 37.0 Å². The minimum Gasteiger partial charge on any atom is -0.339 e. The Morgan fingerprint density at radius 2 is 1.69 bits per heavy atom. The highest BCUT2D eigenvalue weighted by Crippen LogP contribution is 2.59. The summed E-state index contributed by atoms with van der Waals surface area (Å²) in [7, 11) is 0.158. The van der Waals surface area contributed by atoms with Gasteiger partial charge < -0.3 is 4.90 Å². The van der Waals surface area contributed by atoms with E-state index in [2.05, 4.69) is 4.90 Å². The number of hydrogen-bond donors (Lipinski definition) is 0. The molecule has 0 N–H and O–H groups in total. The van der Waals surface area contributed by atoms with Crippen LogP contribution in [0.1, 0.15) is 51.4 Å². The van der Waals surface area contributed by atoms with Gasteiger partial charge in [0.1, 0.15) is 0 Å². The summed E-state index contributed by atoms with van der Waals surface area (Å²) < 4.78 is 0. The van der Waals surface area contributed by atoms with Gasteiger partial charge in [-0.25, -0.2) is 0 Å². The first-order valence-corrected chi connectivity index (χ1v) is 8.54. The Morgan fingerprint density at radius 3 is 2.19 bits per heavy atom. The lowest BCUT2D eigenvalue weighted by Crippen LogP contribution is -2.34. The van der Waals surface area contributed by atoms with Crippen LogP contribution in [0.5, 0.6) is 0 Å². The van der Waals surface area contributed by atoms with Crippen LogP contribution in [-0.4, -0.2) is 35.0 Å². The maximum Gasteiger partial charge on any atom is 0.222 e. The van der Waals surface area contributed by atoms with Crippen LogP contribution >= 0.6 is 7.92 Å². The van der Waals surface area contributed by atoms with Gasteiger partial charge >= 0.3 is 0 Å². The Labute approximate surface area is 99.5 Å². The van der Waals surface area contributed by atoms with E-state index < -0.39 is 0 Å². The summed E-state index contributed by atoms with van der Waals surface area (Å²) in [4.78, 5) is 13.9. The Bertz CT molecular complexity index is 259. The van der Waals surface area contributed by atoms with Crippen molar-refractivity contribution in [2.24, 2.45) is 0 Å². The molecule has 3 aliphatic heterocycles. The predicted octanol–water partition coefficient (Wildman–Crippen LogP) is 3.15. The van der Waals surface area contributed by atoms with E-state index in [1.807, 2.05) is 0 Å². The van der Waals surface area contributed by atoms with Gasteiger partial charge in [0.15, 0.2) is 0 Å². The third-order valence-corrected chi connectivity index (χ3v) is 8.17. The fourth-order valence-corrected chi connectivity index (χ4v) is 7.52. The Kier molecular flexibility index (Phi) is 3.20. The topological polar surface area (TPSA) is 20.3 Å². The van der Waals surface area contributed by atoms with Crippen molar-refractivity contribution < 1.29 is 4.79 Å². The number of carbonyl (C=O) groups excluding carboxylic acids is 1. The highest BCUT2D eigenvalue weighted by molar-refractivity contribution is 7.59. The van der Waals surface area contributed by atoms with Crippen molar-refractivity contribution in [2.45, 2.75) is 62.7 Å². The number of nitrogens with zero attached hydrogens (tertiary/aromatic N) is 1. The molecule has 3 saturated heterocycles. The molecule has 0 unspecified atom stereocenters. The number of rotatable bonds is 2. The van der Waals surface area contributed by atoms with E-state index in [-0.39, 0.29) is 7.92 Å². The summed E-state index contributed by atoms with van der Waals surface area (Å²) in [6, 6.07) is 0. The molecule has 0 radical (unpaired) electrons. The molecule has 0 saturated carbocycles. The zero-order valence-electron chi connectivity index (χ0n) is 10.0. The van der Waals surface area contributed by atoms with Crippen LogP contribution in [0.25, 0.3) is 0 Å². The SMILES string of the molecule is O=C1CCCN1CP1C2CCCC1CCC2. The van der Waals surface area contributed by atoms with Crippen molar-refractivity contribution in [3.8, 4) is 0 Å². The summed E-state index contributed by atoms with van der Waals surface area (Å²) >= 11 is 0. The van der Waals surface area contributed by atoms with Crippen molar-refractivity contribution in [1.82, 2.24) is 4.90 Å². The molecule has 0 spiro atoms. The van der Waals surface area contributed by atoms with Gasteiger partial charge in [0.2, 0.25) is 5.91 Å². The smallest absolute Gasteiger partial charge is 0.222 e. The number of carbonyl (C=O) groups is 1. The van der Waals surface area contributed by atoms with Gasteiger partial charge in [-0.3, -0.25) is 4.79 Å². The minimum absolute atomic E-state index is 0.158. The van der Waals surface area contributed by atoms with Crippen LogP contribution in [0.3, 0.4) is 0 Å². The molecular formula is C13H22NOP. The second-order valence-corrected chi connectivity index (χ2v) is 8.36. The number of amides is 1. The average molecular weight is 239 g/mol. The largest absolute Gasteiger partial charge is 0.339 e. The molecule has 3 heterocycles. The lowest BCUT2D eigenvalue weighted by Gasteiger charge is -2.44. The monoisotopic (exact) mass is 239 g/mol. The standard InChI is InChI=1S/C13H22NOP/c15-13-8-3-9-14(13)10-16-11-4-1-5-12(16)7-2-6-11/h11-12H,1-10H2. The van der Waals surface area contributed by atoms with E-state index in [1.54, 1.807) is 0 Å². The van der Waals surface area contributed by atoms with Crippen molar-refractivity contribution in [2.75, 3.05) is 12.8 Å². The van der Waals surface area contributed by atoms with Gasteiger partial charge in [0.25, 0.3) is 0 Å². The summed E-state index contributed by atoms with van der Waals surface area (Å²) in [5.41, 5.74) is 2.02. The van der Waals surface area contributed by atoms with Crippen LogP contribution in [0.4, 0.5) is 0 Å². The molecule has 1 amide bonds. The van der Waals surface area contributed by atoms with E-state index in [9.17, 15) is 4.79 Å². The molecule has 3 rings (SSSR count). The molecule has 0 aromatic heterocycles. The third kappa shape index (κ3) is 2.01. The van der Waals surface area contributed by atoms with Crippen LogP contribution in [-0.2, 0) is 4.79 Å². The van der Waals surface area contributed by atoms with Crippen molar-refractivity contribution in [3.63, 3.8) is 0 Å². The fraction of sp³-hybridized carbons (Fsp3) is 0.923. The molecule has 90 valence electrons. The summed E-state index contributed by atoms with van der Waals surface area (Å²) in [6.07, 6.45) is 11.9. The van der Waals surface area contributed by atoms with E-state index in [1.165, 1.54) is 38.5 Å². The molecule has 3 aliphatic rings. The van der Waals surface area contributed by atoms with E-state index >= 15 is 0 Å². The molecule has 0 aliphatic carbocycles. The molecule has 0 atom stereocenters. The van der Waals surface area contributed by atoms with Crippen LogP contribution in [0, 0.1) is 0 Å². The third-order valence-electron chi connectivity index (χ3n) is 4.59. The minimum atomic E-state index is 0.158. The van der Waals surface area contributed by atoms with Crippen molar-refractivity contribution in [3.05, 3.63) is 0 Å². The van der Waals surface area contributed by atoms with Gasteiger partial charge in [0, 0.05) is 19.3 Å². The maximum atomic E-state index is 11.7. The lowest BCUT2D eigenvalue weighted by molar-refractivity contribution is -0.126. The first-order chi connectivity index (χ1) is 7.84. The maximum absolute atomic E-state index is 11.7. The molecule has 2 bridgehead atoms. The molecule has 3 heteroatoms. The predicted molar refractivity (Wildman–Crippen MR) is 68.0 cm³/mol. The molecule has 0 aromatic carbocycles. The van der Waals surface area contributed by atoms with Crippen molar-refractivity contribution in [1.29, 1.82) is 0 Å². The first kappa shape index (κ1) is 11.0. The Balaban J connectivity index is 1.66. The average Bonchev–Trinajstić information content (AvgIpc) is 2.64. The van der Waals surface area contributed by atoms with Crippen LogP contribution in [0.15, 0.2) is 0 Å². The van der Waals surface area contributed by atoms with Gasteiger partial charge in [-0.1, -0.05) is 20.8 Å². The number of likely N-dealkylation sites (tertiary alicyclic amines) is 1. The molecule has 2 nitrogen and oxygen atoms in total. The zero-order valence-corrected chi connectivity index (χ0v) is 10.9.